The van der Waals surface area contributed by atoms with Gasteiger partial charge in [0.05, 0.1) is 13.2 Å². The van der Waals surface area contributed by atoms with Gasteiger partial charge in [-0.2, -0.15) is 12.6 Å². The minimum absolute atomic E-state index is 0.0194. The number of thiol groups is 1. The zero-order valence-corrected chi connectivity index (χ0v) is 17.8. The molecular weight excluding hydrogens is 408 g/mol. The molecule has 0 bridgehead atoms. The first-order chi connectivity index (χ1) is 14.5. The maximum atomic E-state index is 13.1. The van der Waals surface area contributed by atoms with Crippen LogP contribution in [-0.4, -0.2) is 102 Å². The highest BCUT2D eigenvalue weighted by Crippen LogP contribution is 2.12. The Labute approximate surface area is 181 Å². The highest BCUT2D eigenvalue weighted by molar-refractivity contribution is 7.80. The van der Waals surface area contributed by atoms with Gasteiger partial charge in [-0.3, -0.25) is 14.5 Å². The zero-order valence-electron chi connectivity index (χ0n) is 16.9. The first-order valence-corrected chi connectivity index (χ1v) is 10.6. The maximum Gasteiger partial charge on any atom is 0.327 e. The molecular formula is C20H30N4O5S. The molecule has 0 aromatic heterocycles. The smallest absolute Gasteiger partial charge is 0.327 e. The van der Waals surface area contributed by atoms with E-state index in [1.54, 1.807) is 0 Å². The molecule has 4 N–H and O–H groups in total. The third-order valence-electron chi connectivity index (χ3n) is 4.98. The van der Waals surface area contributed by atoms with Crippen molar-refractivity contribution in [3.63, 3.8) is 0 Å². The number of carboxylic acids is 1. The van der Waals surface area contributed by atoms with Crippen molar-refractivity contribution < 1.29 is 24.6 Å². The molecule has 2 rings (SSSR count). The maximum absolute atomic E-state index is 13.1. The summed E-state index contributed by atoms with van der Waals surface area (Å²) in [6.45, 7) is 2.81. The number of carboxylic acid groups (broad SMARTS) is 1. The van der Waals surface area contributed by atoms with E-state index in [1.165, 1.54) is 4.90 Å². The third-order valence-corrected chi connectivity index (χ3v) is 5.34. The van der Waals surface area contributed by atoms with Gasteiger partial charge in [0.1, 0.15) is 12.1 Å². The molecule has 30 heavy (non-hydrogen) atoms. The topological polar surface area (TPSA) is 122 Å². The first-order valence-electron chi connectivity index (χ1n) is 9.97. The lowest BCUT2D eigenvalue weighted by molar-refractivity contribution is -0.145. The minimum atomic E-state index is -1.20. The van der Waals surface area contributed by atoms with Crippen LogP contribution in [0.3, 0.4) is 0 Å². The van der Waals surface area contributed by atoms with Crippen molar-refractivity contribution in [3.05, 3.63) is 35.9 Å². The molecule has 166 valence electrons. The number of aliphatic carboxylic acids is 1. The average molecular weight is 439 g/mol. The number of aliphatic hydroxyl groups excluding tert-OH is 1. The van der Waals surface area contributed by atoms with Gasteiger partial charge in [0.2, 0.25) is 11.8 Å². The van der Waals surface area contributed by atoms with Crippen molar-refractivity contribution in [2.45, 2.75) is 18.5 Å². The van der Waals surface area contributed by atoms with Gasteiger partial charge >= 0.3 is 5.97 Å². The second-order valence-electron chi connectivity index (χ2n) is 7.12. The van der Waals surface area contributed by atoms with Crippen LogP contribution in [0.25, 0.3) is 0 Å². The second-order valence-corrected chi connectivity index (χ2v) is 7.49. The molecule has 0 saturated carbocycles. The molecule has 10 heteroatoms. The standard InChI is InChI=1S/C20H30N4O5S/c25-11-10-24(18(26)13-23-8-6-21-7-9-23)17(12-15-4-2-1-3-5-15)19(27)22-16(14-30)20(28)29/h1-5,16-17,21,25,30H,6-14H2,(H,22,27)(H,28,29)/t16-,17+/m0/s1. The summed E-state index contributed by atoms with van der Waals surface area (Å²) >= 11 is 3.99. The van der Waals surface area contributed by atoms with E-state index in [0.29, 0.717) is 0 Å². The van der Waals surface area contributed by atoms with Crippen molar-refractivity contribution in [2.24, 2.45) is 0 Å². The number of carbonyl (C=O) groups is 3. The fraction of sp³-hybridized carbons (Fsp3) is 0.550. The van der Waals surface area contributed by atoms with Crippen LogP contribution in [0.5, 0.6) is 0 Å². The number of benzene rings is 1. The summed E-state index contributed by atoms with van der Waals surface area (Å²) in [5.41, 5.74) is 0.827. The number of amides is 2. The molecule has 1 aromatic carbocycles. The van der Waals surface area contributed by atoms with Crippen LogP contribution < -0.4 is 10.6 Å². The summed E-state index contributed by atoms with van der Waals surface area (Å²) in [4.78, 5) is 40.8. The van der Waals surface area contributed by atoms with Crippen LogP contribution >= 0.6 is 12.6 Å². The van der Waals surface area contributed by atoms with E-state index in [2.05, 4.69) is 23.3 Å². The molecule has 2 amide bonds. The van der Waals surface area contributed by atoms with Crippen LogP contribution in [0.1, 0.15) is 5.56 Å². The van der Waals surface area contributed by atoms with Gasteiger partial charge in [-0.25, -0.2) is 4.79 Å². The average Bonchev–Trinajstić information content (AvgIpc) is 2.75. The number of piperazine rings is 1. The Balaban J connectivity index is 2.23. The van der Waals surface area contributed by atoms with Gasteiger partial charge in [-0.05, 0) is 5.56 Å². The number of nitrogens with one attached hydrogen (secondary N) is 2. The molecule has 1 aromatic rings. The van der Waals surface area contributed by atoms with Crippen LogP contribution in [0.4, 0.5) is 0 Å². The van der Waals surface area contributed by atoms with Crippen LogP contribution in [0.2, 0.25) is 0 Å². The summed E-state index contributed by atoms with van der Waals surface area (Å²) in [6, 6.07) is 7.07. The largest absolute Gasteiger partial charge is 0.480 e. The van der Waals surface area contributed by atoms with Crippen molar-refractivity contribution in [3.8, 4) is 0 Å². The van der Waals surface area contributed by atoms with E-state index < -0.39 is 24.0 Å². The van der Waals surface area contributed by atoms with E-state index in [4.69, 9.17) is 0 Å². The number of hydrogen-bond donors (Lipinski definition) is 5. The fourth-order valence-electron chi connectivity index (χ4n) is 3.35. The Morgan fingerprint density at radius 1 is 1.20 bits per heavy atom. The predicted molar refractivity (Wildman–Crippen MR) is 115 cm³/mol. The number of carbonyl (C=O) groups excluding carboxylic acids is 2. The molecule has 0 unspecified atom stereocenters. The van der Waals surface area contributed by atoms with E-state index in [9.17, 15) is 24.6 Å². The molecule has 9 nitrogen and oxygen atoms in total. The molecule has 2 atom stereocenters. The third kappa shape index (κ3) is 7.28. The van der Waals surface area contributed by atoms with Gasteiger partial charge in [0.25, 0.3) is 0 Å². The number of nitrogens with zero attached hydrogens (tertiary/aromatic N) is 2. The van der Waals surface area contributed by atoms with Gasteiger partial charge < -0.3 is 25.7 Å². The van der Waals surface area contributed by atoms with Crippen molar-refractivity contribution >= 4 is 30.4 Å². The van der Waals surface area contributed by atoms with Crippen LogP contribution in [0.15, 0.2) is 30.3 Å². The molecule has 1 aliphatic rings. The molecule has 1 fully saturated rings. The van der Waals surface area contributed by atoms with E-state index >= 15 is 0 Å². The quantitative estimate of drug-likeness (QED) is 0.276. The molecule has 1 aliphatic heterocycles. The van der Waals surface area contributed by atoms with Crippen molar-refractivity contribution in [1.82, 2.24) is 20.4 Å². The lowest BCUT2D eigenvalue weighted by Gasteiger charge is -2.34. The number of aliphatic hydroxyl groups is 1. The van der Waals surface area contributed by atoms with E-state index in [0.717, 1.165) is 31.7 Å². The monoisotopic (exact) mass is 438 g/mol. The Morgan fingerprint density at radius 3 is 2.43 bits per heavy atom. The van der Waals surface area contributed by atoms with Gasteiger partial charge in [-0.15, -0.1) is 0 Å². The lowest BCUT2D eigenvalue weighted by atomic mass is 10.0. The fourth-order valence-corrected chi connectivity index (χ4v) is 3.60. The van der Waals surface area contributed by atoms with Gasteiger partial charge in [0, 0.05) is 44.9 Å². The van der Waals surface area contributed by atoms with Crippen molar-refractivity contribution in [2.75, 3.05) is 51.6 Å². The zero-order chi connectivity index (χ0) is 21.9. The summed E-state index contributed by atoms with van der Waals surface area (Å²) in [7, 11) is 0. The Kier molecular flexibility index (Phi) is 10.1. The Hall–Kier alpha value is -2.14. The molecule has 0 aliphatic carbocycles. The summed E-state index contributed by atoms with van der Waals surface area (Å²) in [5, 5.41) is 24.5. The minimum Gasteiger partial charge on any atom is -0.480 e. The predicted octanol–water partition coefficient (Wildman–Crippen LogP) is -1.18. The molecule has 0 radical (unpaired) electrons. The van der Waals surface area contributed by atoms with Gasteiger partial charge in [-0.1, -0.05) is 30.3 Å². The molecule has 1 saturated heterocycles. The Morgan fingerprint density at radius 2 is 1.87 bits per heavy atom. The highest BCUT2D eigenvalue weighted by Gasteiger charge is 2.32. The number of rotatable bonds is 11. The van der Waals surface area contributed by atoms with Crippen LogP contribution in [0, 0.1) is 0 Å². The SMILES string of the molecule is O=C(O)[C@H](CS)NC(=O)[C@@H](Cc1ccccc1)N(CCO)C(=O)CN1CCNCC1. The van der Waals surface area contributed by atoms with Gasteiger partial charge in [0.15, 0.2) is 0 Å². The van der Waals surface area contributed by atoms with Crippen molar-refractivity contribution in [1.29, 1.82) is 0 Å². The lowest BCUT2D eigenvalue weighted by Crippen LogP contribution is -2.57. The number of hydrogen-bond acceptors (Lipinski definition) is 7. The summed E-state index contributed by atoms with van der Waals surface area (Å²) < 4.78 is 0. The Bertz CT molecular complexity index is 700. The molecule has 1 heterocycles. The first kappa shape index (κ1) is 24.1. The normalized spacial score (nSPS) is 16.5. The summed E-state index contributed by atoms with van der Waals surface area (Å²) in [6.07, 6.45) is 0.207. The second kappa shape index (κ2) is 12.5. The highest BCUT2D eigenvalue weighted by atomic mass is 32.1. The molecule has 0 spiro atoms. The van der Waals surface area contributed by atoms with Crippen LogP contribution in [-0.2, 0) is 20.8 Å². The van der Waals surface area contributed by atoms with E-state index in [1.807, 2.05) is 35.2 Å². The van der Waals surface area contributed by atoms with E-state index in [-0.39, 0.29) is 37.8 Å². The summed E-state index contributed by atoms with van der Waals surface area (Å²) in [5.74, 6) is -2.13.